The van der Waals surface area contributed by atoms with Crippen LogP contribution in [-0.2, 0) is 6.54 Å². The Morgan fingerprint density at radius 3 is 2.94 bits per heavy atom. The minimum atomic E-state index is 0.293. The minimum absolute atomic E-state index is 0.293. The molecule has 1 aliphatic carbocycles. The molecule has 100 valence electrons. The predicted molar refractivity (Wildman–Crippen MR) is 70.2 cm³/mol. The summed E-state index contributed by atoms with van der Waals surface area (Å²) in [6.45, 7) is 9.69. The summed E-state index contributed by atoms with van der Waals surface area (Å²) in [5.41, 5.74) is 1.26. The van der Waals surface area contributed by atoms with Gasteiger partial charge >= 0.3 is 0 Å². The first kappa shape index (κ1) is 12.2. The molecule has 1 aliphatic heterocycles. The summed E-state index contributed by atoms with van der Waals surface area (Å²) < 4.78 is 5.35. The number of piperazine rings is 1. The summed E-state index contributed by atoms with van der Waals surface area (Å²) in [4.78, 5) is 2.52. The lowest BCUT2D eigenvalue weighted by Crippen LogP contribution is -2.62. The molecule has 0 bridgehead atoms. The van der Waals surface area contributed by atoms with Crippen LogP contribution in [0.3, 0.4) is 0 Å². The molecule has 0 spiro atoms. The van der Waals surface area contributed by atoms with Gasteiger partial charge in [-0.05, 0) is 39.5 Å². The van der Waals surface area contributed by atoms with E-state index >= 15 is 0 Å². The van der Waals surface area contributed by atoms with Crippen LogP contribution in [0.4, 0.5) is 0 Å². The average Bonchev–Trinajstić information content (AvgIpc) is 3.10. The quantitative estimate of drug-likeness (QED) is 0.889. The Morgan fingerprint density at radius 1 is 1.56 bits per heavy atom. The number of nitrogens with zero attached hydrogens (tertiary/aromatic N) is 2. The van der Waals surface area contributed by atoms with E-state index in [1.807, 2.05) is 13.0 Å². The lowest BCUT2D eigenvalue weighted by atomic mass is 9.91. The second-order valence-corrected chi connectivity index (χ2v) is 6.26. The van der Waals surface area contributed by atoms with E-state index in [9.17, 15) is 0 Å². The fourth-order valence-corrected chi connectivity index (χ4v) is 3.04. The molecule has 0 radical (unpaired) electrons. The molecule has 2 heterocycles. The lowest BCUT2D eigenvalue weighted by molar-refractivity contribution is 0.0694. The first-order valence-electron chi connectivity index (χ1n) is 6.98. The molecule has 1 saturated heterocycles. The molecular weight excluding hydrogens is 226 g/mol. The van der Waals surface area contributed by atoms with Gasteiger partial charge in [0.25, 0.3) is 0 Å². The Balaban J connectivity index is 1.69. The van der Waals surface area contributed by atoms with Crippen LogP contribution in [-0.4, -0.2) is 34.7 Å². The Bertz CT molecular complexity index is 426. The molecule has 2 fully saturated rings. The first-order chi connectivity index (χ1) is 8.57. The van der Waals surface area contributed by atoms with Crippen molar-refractivity contribution >= 4 is 0 Å². The Hall–Kier alpha value is -0.870. The number of hydrogen-bond acceptors (Lipinski definition) is 4. The first-order valence-corrected chi connectivity index (χ1v) is 6.98. The van der Waals surface area contributed by atoms with E-state index < -0.39 is 0 Å². The maximum atomic E-state index is 5.35. The van der Waals surface area contributed by atoms with E-state index in [2.05, 4.69) is 29.2 Å². The van der Waals surface area contributed by atoms with Crippen LogP contribution in [0.2, 0.25) is 0 Å². The standard InChI is InChI=1S/C14H23N3O/c1-10-6-13(18-16-10)8-17-9-14(3,12-4-5-12)15-7-11(17)2/h6,11-12,15H,4-5,7-9H2,1-3H3. The predicted octanol–water partition coefficient (Wildman–Crippen LogP) is 1.95. The van der Waals surface area contributed by atoms with E-state index in [0.717, 1.165) is 37.0 Å². The third kappa shape index (κ3) is 2.31. The van der Waals surface area contributed by atoms with E-state index in [4.69, 9.17) is 4.52 Å². The Morgan fingerprint density at radius 2 is 2.33 bits per heavy atom. The van der Waals surface area contributed by atoms with Crippen LogP contribution in [0.1, 0.15) is 38.1 Å². The highest BCUT2D eigenvalue weighted by atomic mass is 16.5. The molecule has 2 aliphatic rings. The van der Waals surface area contributed by atoms with Gasteiger partial charge < -0.3 is 9.84 Å². The topological polar surface area (TPSA) is 41.3 Å². The summed E-state index contributed by atoms with van der Waals surface area (Å²) in [7, 11) is 0. The summed E-state index contributed by atoms with van der Waals surface area (Å²) >= 11 is 0. The van der Waals surface area contributed by atoms with Crippen molar-refractivity contribution in [2.45, 2.75) is 51.7 Å². The molecule has 1 N–H and O–H groups in total. The molecule has 0 amide bonds. The molecule has 4 heteroatoms. The largest absolute Gasteiger partial charge is 0.360 e. The van der Waals surface area contributed by atoms with E-state index in [0.29, 0.717) is 11.6 Å². The van der Waals surface area contributed by atoms with Crippen LogP contribution in [0.25, 0.3) is 0 Å². The van der Waals surface area contributed by atoms with Crippen molar-refractivity contribution in [2.75, 3.05) is 13.1 Å². The van der Waals surface area contributed by atoms with Crippen molar-refractivity contribution in [2.24, 2.45) is 5.92 Å². The number of aryl methyl sites for hydroxylation is 1. The van der Waals surface area contributed by atoms with E-state index in [-0.39, 0.29) is 0 Å². The third-order valence-corrected chi connectivity index (χ3v) is 4.47. The molecule has 1 aromatic heterocycles. The summed E-state index contributed by atoms with van der Waals surface area (Å²) in [6, 6.07) is 2.60. The van der Waals surface area contributed by atoms with Gasteiger partial charge in [0.1, 0.15) is 0 Å². The van der Waals surface area contributed by atoms with Crippen molar-refractivity contribution in [3.8, 4) is 0 Å². The van der Waals surface area contributed by atoms with E-state index in [1.165, 1.54) is 12.8 Å². The van der Waals surface area contributed by atoms with Gasteiger partial charge in [0.05, 0.1) is 12.2 Å². The van der Waals surface area contributed by atoms with Crippen molar-refractivity contribution in [1.82, 2.24) is 15.4 Å². The smallest absolute Gasteiger partial charge is 0.150 e. The SMILES string of the molecule is Cc1cc(CN2CC(C)(C3CC3)NCC2C)on1. The van der Waals surface area contributed by atoms with Gasteiger partial charge in [-0.1, -0.05) is 5.16 Å². The van der Waals surface area contributed by atoms with Crippen LogP contribution in [0.15, 0.2) is 10.6 Å². The minimum Gasteiger partial charge on any atom is -0.360 e. The molecular formula is C14H23N3O. The van der Waals surface area contributed by atoms with Gasteiger partial charge in [-0.2, -0.15) is 0 Å². The van der Waals surface area contributed by atoms with Gasteiger partial charge in [0.15, 0.2) is 5.76 Å². The van der Waals surface area contributed by atoms with Crippen LogP contribution in [0.5, 0.6) is 0 Å². The van der Waals surface area contributed by atoms with Crippen molar-refractivity contribution < 1.29 is 4.52 Å². The van der Waals surface area contributed by atoms with Crippen molar-refractivity contribution in [1.29, 1.82) is 0 Å². The van der Waals surface area contributed by atoms with Crippen LogP contribution in [0, 0.1) is 12.8 Å². The third-order valence-electron chi connectivity index (χ3n) is 4.47. The molecule has 1 aromatic rings. The van der Waals surface area contributed by atoms with Gasteiger partial charge in [0.2, 0.25) is 0 Å². The lowest BCUT2D eigenvalue weighted by Gasteiger charge is -2.45. The number of aromatic nitrogens is 1. The highest BCUT2D eigenvalue weighted by Gasteiger charge is 2.45. The van der Waals surface area contributed by atoms with Crippen LogP contribution >= 0.6 is 0 Å². The number of nitrogens with one attached hydrogen (secondary N) is 1. The summed E-state index contributed by atoms with van der Waals surface area (Å²) in [5, 5.41) is 7.71. The molecule has 0 aromatic carbocycles. The van der Waals surface area contributed by atoms with Crippen LogP contribution < -0.4 is 5.32 Å². The molecule has 1 saturated carbocycles. The maximum Gasteiger partial charge on any atom is 0.150 e. The highest BCUT2D eigenvalue weighted by molar-refractivity contribution is 5.07. The van der Waals surface area contributed by atoms with Gasteiger partial charge in [-0.3, -0.25) is 4.90 Å². The molecule has 2 unspecified atom stereocenters. The molecule has 4 nitrogen and oxygen atoms in total. The molecule has 3 rings (SSSR count). The van der Waals surface area contributed by atoms with E-state index in [1.54, 1.807) is 0 Å². The molecule has 18 heavy (non-hydrogen) atoms. The zero-order valence-electron chi connectivity index (χ0n) is 11.6. The van der Waals surface area contributed by atoms with Gasteiger partial charge in [0, 0.05) is 30.7 Å². The highest BCUT2D eigenvalue weighted by Crippen LogP contribution is 2.41. The summed E-state index contributed by atoms with van der Waals surface area (Å²) in [6.07, 6.45) is 2.76. The second kappa shape index (κ2) is 4.35. The monoisotopic (exact) mass is 249 g/mol. The van der Waals surface area contributed by atoms with Crippen molar-refractivity contribution in [3.05, 3.63) is 17.5 Å². The maximum absolute atomic E-state index is 5.35. The normalized spacial score (nSPS) is 33.8. The second-order valence-electron chi connectivity index (χ2n) is 6.26. The number of rotatable bonds is 3. The van der Waals surface area contributed by atoms with Gasteiger partial charge in [-0.15, -0.1) is 0 Å². The number of hydrogen-bond donors (Lipinski definition) is 1. The Labute approximate surface area is 109 Å². The fraction of sp³-hybridized carbons (Fsp3) is 0.786. The molecule has 2 atom stereocenters. The summed E-state index contributed by atoms with van der Waals surface area (Å²) in [5.74, 6) is 1.85. The Kier molecular flexibility index (Phi) is 2.94. The van der Waals surface area contributed by atoms with Crippen molar-refractivity contribution in [3.63, 3.8) is 0 Å². The average molecular weight is 249 g/mol. The van der Waals surface area contributed by atoms with Gasteiger partial charge in [-0.25, -0.2) is 0 Å². The zero-order chi connectivity index (χ0) is 12.8. The fourth-order valence-electron chi connectivity index (χ4n) is 3.04. The zero-order valence-corrected chi connectivity index (χ0v) is 11.6.